The summed E-state index contributed by atoms with van der Waals surface area (Å²) in [4.78, 5) is 32.1. The molecule has 0 unspecified atom stereocenters. The van der Waals surface area contributed by atoms with Gasteiger partial charge in [0.05, 0.1) is 5.69 Å². The van der Waals surface area contributed by atoms with Gasteiger partial charge in [0, 0.05) is 18.7 Å². The van der Waals surface area contributed by atoms with Gasteiger partial charge < -0.3 is 5.32 Å². The lowest BCUT2D eigenvalue weighted by Crippen LogP contribution is -2.33. The first-order valence-electron chi connectivity index (χ1n) is 9.91. The number of nitrogens with zero attached hydrogens (tertiary/aromatic N) is 2. The molecule has 6 heteroatoms. The van der Waals surface area contributed by atoms with Crippen molar-refractivity contribution in [2.75, 3.05) is 11.9 Å². The molecule has 1 aliphatic heterocycles. The number of hydrogen-bond acceptors (Lipinski definition) is 4. The van der Waals surface area contributed by atoms with Crippen molar-refractivity contribution in [1.82, 2.24) is 4.90 Å². The predicted octanol–water partition coefficient (Wildman–Crippen LogP) is 5.07. The minimum atomic E-state index is -0.502. The van der Waals surface area contributed by atoms with Crippen LogP contribution in [0.25, 0.3) is 0 Å². The summed E-state index contributed by atoms with van der Waals surface area (Å²) in [5.41, 5.74) is 5.77. The fraction of sp³-hybridized carbons (Fsp3) is 0.292. The van der Waals surface area contributed by atoms with Crippen LogP contribution in [0.2, 0.25) is 0 Å². The molecular weight excluding hydrogens is 394 g/mol. The smallest absolute Gasteiger partial charge is 0.242 e. The summed E-state index contributed by atoms with van der Waals surface area (Å²) in [6.45, 7) is 12.0. The molecule has 0 bridgehead atoms. The summed E-state index contributed by atoms with van der Waals surface area (Å²) in [5, 5.41) is 3.08. The molecule has 1 atom stereocenters. The molecule has 156 valence electrons. The predicted molar refractivity (Wildman–Crippen MR) is 125 cm³/mol. The van der Waals surface area contributed by atoms with Gasteiger partial charge >= 0.3 is 0 Å². The molecule has 0 aromatic heterocycles. The maximum absolute atomic E-state index is 13.0. The lowest BCUT2D eigenvalue weighted by Gasteiger charge is -2.15. The molecule has 3 rings (SSSR count). The van der Waals surface area contributed by atoms with Gasteiger partial charge in [0.2, 0.25) is 11.8 Å². The quantitative estimate of drug-likeness (QED) is 0.663. The second-order valence-electron chi connectivity index (χ2n) is 7.50. The molecule has 0 aliphatic carbocycles. The number of thioether (sulfide) groups is 1. The number of benzene rings is 2. The van der Waals surface area contributed by atoms with Crippen LogP contribution in [0.1, 0.15) is 28.7 Å². The molecule has 1 fully saturated rings. The molecule has 2 aromatic rings. The number of aliphatic imine (C=N–C) groups is 1. The van der Waals surface area contributed by atoms with Gasteiger partial charge in [0.15, 0.2) is 5.17 Å². The minimum absolute atomic E-state index is 0.0939. The number of carbonyl (C=O) groups excluding carboxylic acids is 2. The van der Waals surface area contributed by atoms with E-state index in [0.29, 0.717) is 11.7 Å². The molecular formula is C24H27N3O2S. The van der Waals surface area contributed by atoms with E-state index in [2.05, 4.69) is 11.9 Å². The summed E-state index contributed by atoms with van der Waals surface area (Å²) in [6.07, 6.45) is 1.77. The molecule has 1 aliphatic rings. The van der Waals surface area contributed by atoms with Crippen LogP contribution in [0.15, 0.2) is 54.0 Å². The molecule has 0 spiro atoms. The summed E-state index contributed by atoms with van der Waals surface area (Å²) >= 11 is 1.34. The summed E-state index contributed by atoms with van der Waals surface area (Å²) in [7, 11) is 0. The fourth-order valence-corrected chi connectivity index (χ4v) is 4.62. The highest BCUT2D eigenvalue weighted by Crippen LogP contribution is 2.34. The zero-order chi connectivity index (χ0) is 21.8. The maximum atomic E-state index is 13.0. The second kappa shape index (κ2) is 9.30. The molecule has 1 saturated heterocycles. The number of carbonyl (C=O) groups is 2. The van der Waals surface area contributed by atoms with Crippen LogP contribution in [0.4, 0.5) is 11.4 Å². The summed E-state index contributed by atoms with van der Waals surface area (Å²) < 4.78 is 0. The number of anilines is 1. The highest BCUT2D eigenvalue weighted by Gasteiger charge is 2.38. The van der Waals surface area contributed by atoms with Crippen LogP contribution >= 0.6 is 11.8 Å². The average Bonchev–Trinajstić information content (AvgIpc) is 2.97. The number of para-hydroxylation sites is 2. The van der Waals surface area contributed by atoms with E-state index >= 15 is 0 Å². The molecule has 2 amide bonds. The summed E-state index contributed by atoms with van der Waals surface area (Å²) in [5.74, 6) is -0.285. The van der Waals surface area contributed by atoms with Crippen molar-refractivity contribution in [1.29, 1.82) is 0 Å². The number of aryl methyl sites for hydroxylation is 4. The topological polar surface area (TPSA) is 61.8 Å². The van der Waals surface area contributed by atoms with Gasteiger partial charge in [0.1, 0.15) is 5.25 Å². The molecule has 1 heterocycles. The number of amidine groups is 1. The van der Waals surface area contributed by atoms with Crippen LogP contribution in [0, 0.1) is 27.7 Å². The second-order valence-corrected chi connectivity index (χ2v) is 8.67. The van der Waals surface area contributed by atoms with Gasteiger partial charge in [-0.3, -0.25) is 14.5 Å². The Bertz CT molecular complexity index is 989. The Morgan fingerprint density at radius 2 is 1.67 bits per heavy atom. The lowest BCUT2D eigenvalue weighted by atomic mass is 10.1. The monoisotopic (exact) mass is 421 g/mol. The van der Waals surface area contributed by atoms with Crippen LogP contribution < -0.4 is 5.32 Å². The van der Waals surface area contributed by atoms with E-state index in [-0.39, 0.29) is 18.2 Å². The third kappa shape index (κ3) is 4.65. The Morgan fingerprint density at radius 1 is 1.10 bits per heavy atom. The van der Waals surface area contributed by atoms with Crippen LogP contribution in [-0.4, -0.2) is 33.7 Å². The highest BCUT2D eigenvalue weighted by atomic mass is 32.2. The van der Waals surface area contributed by atoms with Crippen LogP contribution in [-0.2, 0) is 9.59 Å². The van der Waals surface area contributed by atoms with Gasteiger partial charge in [-0.05, 0) is 49.9 Å². The standard InChI is InChI=1S/C24H27N3O2S/c1-6-13-27-23(29)19(14-20(28)25-21-15(2)9-7-10-16(21)3)30-24(27)26-22-17(4)11-8-12-18(22)5/h6-12,19H,1,13-14H2,2-5H3,(H,25,28)/t19-/m0/s1. The summed E-state index contributed by atoms with van der Waals surface area (Å²) in [6, 6.07) is 11.9. The number of amides is 2. The molecule has 0 saturated carbocycles. The molecule has 5 nitrogen and oxygen atoms in total. The third-order valence-corrected chi connectivity index (χ3v) is 6.27. The van der Waals surface area contributed by atoms with E-state index in [1.807, 2.05) is 64.1 Å². The van der Waals surface area contributed by atoms with E-state index in [1.165, 1.54) is 11.8 Å². The number of rotatable bonds is 6. The normalized spacial score (nSPS) is 17.5. The van der Waals surface area contributed by atoms with Crippen molar-refractivity contribution in [3.63, 3.8) is 0 Å². The van der Waals surface area contributed by atoms with E-state index in [4.69, 9.17) is 4.99 Å². The molecule has 1 N–H and O–H groups in total. The van der Waals surface area contributed by atoms with E-state index in [1.54, 1.807) is 11.0 Å². The van der Waals surface area contributed by atoms with E-state index < -0.39 is 5.25 Å². The molecule has 30 heavy (non-hydrogen) atoms. The van der Waals surface area contributed by atoms with Gasteiger partial charge in [0.25, 0.3) is 0 Å². The SMILES string of the molecule is C=CCN1C(=O)[C@H](CC(=O)Nc2c(C)cccc2C)SC1=Nc1c(C)cccc1C. The van der Waals surface area contributed by atoms with Crippen molar-refractivity contribution < 1.29 is 9.59 Å². The number of nitrogens with one attached hydrogen (secondary N) is 1. The minimum Gasteiger partial charge on any atom is -0.326 e. The van der Waals surface area contributed by atoms with Crippen LogP contribution in [0.5, 0.6) is 0 Å². The zero-order valence-corrected chi connectivity index (χ0v) is 18.7. The van der Waals surface area contributed by atoms with Crippen LogP contribution in [0.3, 0.4) is 0 Å². The lowest BCUT2D eigenvalue weighted by molar-refractivity contribution is -0.127. The Balaban J connectivity index is 1.81. The van der Waals surface area contributed by atoms with Crippen molar-refractivity contribution in [2.24, 2.45) is 4.99 Å². The Labute approximate surface area is 182 Å². The van der Waals surface area contributed by atoms with E-state index in [9.17, 15) is 9.59 Å². The van der Waals surface area contributed by atoms with E-state index in [0.717, 1.165) is 33.6 Å². The fourth-order valence-electron chi connectivity index (χ4n) is 3.47. The van der Waals surface area contributed by atoms with Gasteiger partial charge in [-0.15, -0.1) is 6.58 Å². The third-order valence-electron chi connectivity index (χ3n) is 5.09. The Hall–Kier alpha value is -2.86. The highest BCUT2D eigenvalue weighted by molar-refractivity contribution is 8.15. The van der Waals surface area contributed by atoms with Crippen molar-refractivity contribution in [3.8, 4) is 0 Å². The average molecular weight is 422 g/mol. The van der Waals surface area contributed by atoms with Gasteiger partial charge in [-0.2, -0.15) is 0 Å². The first kappa shape index (κ1) is 21.8. The van der Waals surface area contributed by atoms with Gasteiger partial charge in [-0.25, -0.2) is 4.99 Å². The van der Waals surface area contributed by atoms with Crippen molar-refractivity contribution >= 4 is 40.1 Å². The van der Waals surface area contributed by atoms with Crippen molar-refractivity contribution in [3.05, 3.63) is 71.3 Å². The van der Waals surface area contributed by atoms with Crippen molar-refractivity contribution in [2.45, 2.75) is 39.4 Å². The largest absolute Gasteiger partial charge is 0.326 e. The first-order valence-corrected chi connectivity index (χ1v) is 10.8. The molecule has 0 radical (unpaired) electrons. The number of hydrogen-bond donors (Lipinski definition) is 1. The zero-order valence-electron chi connectivity index (χ0n) is 17.9. The molecule has 2 aromatic carbocycles. The first-order chi connectivity index (χ1) is 14.3. The Morgan fingerprint density at radius 3 is 2.23 bits per heavy atom. The van der Waals surface area contributed by atoms with Gasteiger partial charge in [-0.1, -0.05) is 54.2 Å². The Kier molecular flexibility index (Phi) is 6.77. The maximum Gasteiger partial charge on any atom is 0.242 e.